The van der Waals surface area contributed by atoms with Crippen LogP contribution in [0.25, 0.3) is 5.82 Å². The standard InChI is InChI=1S/C19H19N5O/c1-13(15-6-5-14-3-2-4-16(14)9-15)23-19(25)17-7-8-21-18(10-17)24-12-20-11-22-24/h5-13H,2-4H2,1H3,(H,23,25)/t13-/m1/s1. The number of aryl methyl sites for hydroxylation is 2. The fourth-order valence-corrected chi connectivity index (χ4v) is 3.24. The Morgan fingerprint density at radius 3 is 2.92 bits per heavy atom. The van der Waals surface area contributed by atoms with Crippen molar-refractivity contribution in [1.29, 1.82) is 0 Å². The topological polar surface area (TPSA) is 72.7 Å². The summed E-state index contributed by atoms with van der Waals surface area (Å²) in [6.45, 7) is 2.01. The Morgan fingerprint density at radius 2 is 2.08 bits per heavy atom. The molecular formula is C19H19N5O. The molecule has 6 heteroatoms. The summed E-state index contributed by atoms with van der Waals surface area (Å²) in [4.78, 5) is 20.7. The fraction of sp³-hybridized carbons (Fsp3) is 0.263. The molecule has 126 valence electrons. The summed E-state index contributed by atoms with van der Waals surface area (Å²) in [5.74, 6) is 0.437. The third kappa shape index (κ3) is 3.15. The van der Waals surface area contributed by atoms with E-state index in [1.807, 2.05) is 6.92 Å². The van der Waals surface area contributed by atoms with Crippen LogP contribution in [-0.4, -0.2) is 25.7 Å². The molecule has 0 fully saturated rings. The monoisotopic (exact) mass is 333 g/mol. The van der Waals surface area contributed by atoms with Gasteiger partial charge in [-0.25, -0.2) is 14.6 Å². The molecule has 4 rings (SSSR count). The molecule has 0 unspecified atom stereocenters. The Kier molecular flexibility index (Phi) is 4.01. The van der Waals surface area contributed by atoms with E-state index in [1.54, 1.807) is 24.7 Å². The Hall–Kier alpha value is -3.02. The highest BCUT2D eigenvalue weighted by Gasteiger charge is 2.16. The van der Waals surface area contributed by atoms with E-state index < -0.39 is 0 Å². The van der Waals surface area contributed by atoms with Crippen LogP contribution >= 0.6 is 0 Å². The smallest absolute Gasteiger partial charge is 0.251 e. The van der Waals surface area contributed by atoms with E-state index in [4.69, 9.17) is 0 Å². The summed E-state index contributed by atoms with van der Waals surface area (Å²) < 4.78 is 1.53. The van der Waals surface area contributed by atoms with Gasteiger partial charge in [-0.05, 0) is 55.0 Å². The van der Waals surface area contributed by atoms with Crippen molar-refractivity contribution in [2.24, 2.45) is 0 Å². The number of hydrogen-bond donors (Lipinski definition) is 1. The first-order valence-corrected chi connectivity index (χ1v) is 8.44. The Morgan fingerprint density at radius 1 is 1.20 bits per heavy atom. The van der Waals surface area contributed by atoms with Gasteiger partial charge in [-0.15, -0.1) is 0 Å². The van der Waals surface area contributed by atoms with Crippen molar-refractivity contribution in [2.45, 2.75) is 32.2 Å². The minimum Gasteiger partial charge on any atom is -0.346 e. The highest BCUT2D eigenvalue weighted by molar-refractivity contribution is 5.94. The summed E-state index contributed by atoms with van der Waals surface area (Å²) in [7, 11) is 0. The maximum absolute atomic E-state index is 12.6. The van der Waals surface area contributed by atoms with Gasteiger partial charge in [-0.3, -0.25) is 4.79 Å². The van der Waals surface area contributed by atoms with Gasteiger partial charge in [0.05, 0.1) is 6.04 Å². The van der Waals surface area contributed by atoms with Crippen molar-refractivity contribution in [1.82, 2.24) is 25.1 Å². The van der Waals surface area contributed by atoms with Crippen LogP contribution in [0.2, 0.25) is 0 Å². The molecule has 0 spiro atoms. The second-order valence-corrected chi connectivity index (χ2v) is 6.32. The number of pyridine rings is 1. The van der Waals surface area contributed by atoms with Crippen LogP contribution < -0.4 is 5.32 Å². The molecule has 1 aliphatic rings. The lowest BCUT2D eigenvalue weighted by Gasteiger charge is -2.16. The zero-order chi connectivity index (χ0) is 17.2. The minimum absolute atomic E-state index is 0.0543. The van der Waals surface area contributed by atoms with Gasteiger partial charge in [0.2, 0.25) is 0 Å². The van der Waals surface area contributed by atoms with Crippen molar-refractivity contribution in [2.75, 3.05) is 0 Å². The zero-order valence-corrected chi connectivity index (χ0v) is 14.0. The van der Waals surface area contributed by atoms with E-state index in [0.717, 1.165) is 12.0 Å². The van der Waals surface area contributed by atoms with E-state index in [0.29, 0.717) is 11.4 Å². The number of fused-ring (bicyclic) bond motifs is 1. The lowest BCUT2D eigenvalue weighted by Crippen LogP contribution is -2.27. The predicted molar refractivity (Wildman–Crippen MR) is 93.5 cm³/mol. The summed E-state index contributed by atoms with van der Waals surface area (Å²) in [5, 5.41) is 7.10. The second kappa shape index (κ2) is 6.47. The van der Waals surface area contributed by atoms with Crippen LogP contribution in [0.5, 0.6) is 0 Å². The molecule has 2 aromatic heterocycles. The van der Waals surface area contributed by atoms with Gasteiger partial charge < -0.3 is 5.32 Å². The van der Waals surface area contributed by atoms with Crippen molar-refractivity contribution in [3.63, 3.8) is 0 Å². The maximum atomic E-state index is 12.6. The quantitative estimate of drug-likeness (QED) is 0.796. The Balaban J connectivity index is 1.51. The first-order valence-electron chi connectivity index (χ1n) is 8.44. The molecule has 1 aliphatic carbocycles. The molecule has 1 N–H and O–H groups in total. The van der Waals surface area contributed by atoms with E-state index >= 15 is 0 Å². The van der Waals surface area contributed by atoms with Crippen LogP contribution in [0.3, 0.4) is 0 Å². The molecule has 0 radical (unpaired) electrons. The third-order valence-electron chi connectivity index (χ3n) is 4.63. The number of nitrogens with zero attached hydrogens (tertiary/aromatic N) is 4. The molecule has 1 aromatic carbocycles. The van der Waals surface area contributed by atoms with Crippen LogP contribution in [0.15, 0.2) is 49.2 Å². The number of benzene rings is 1. The van der Waals surface area contributed by atoms with E-state index in [-0.39, 0.29) is 11.9 Å². The SMILES string of the molecule is C[C@@H](NC(=O)c1ccnc(-n2cncn2)c1)c1ccc2c(c1)CCC2. The molecule has 3 aromatic rings. The molecule has 6 nitrogen and oxygen atoms in total. The predicted octanol–water partition coefficient (Wildman–Crippen LogP) is 2.64. The van der Waals surface area contributed by atoms with Crippen molar-refractivity contribution in [3.05, 3.63) is 71.4 Å². The minimum atomic E-state index is -0.128. The fourth-order valence-electron chi connectivity index (χ4n) is 3.24. The number of carbonyl (C=O) groups excluding carboxylic acids is 1. The number of carbonyl (C=O) groups is 1. The van der Waals surface area contributed by atoms with Crippen LogP contribution in [0.1, 0.15) is 46.4 Å². The summed E-state index contributed by atoms with van der Waals surface area (Å²) in [6.07, 6.45) is 8.11. The van der Waals surface area contributed by atoms with Gasteiger partial charge in [0.1, 0.15) is 12.7 Å². The molecule has 0 saturated carbocycles. The second-order valence-electron chi connectivity index (χ2n) is 6.32. The van der Waals surface area contributed by atoms with Crippen LogP contribution in [0.4, 0.5) is 0 Å². The largest absolute Gasteiger partial charge is 0.346 e. The van der Waals surface area contributed by atoms with E-state index in [2.05, 4.69) is 38.6 Å². The summed E-state index contributed by atoms with van der Waals surface area (Å²) >= 11 is 0. The van der Waals surface area contributed by atoms with Gasteiger partial charge in [-0.2, -0.15) is 5.10 Å². The average molecular weight is 333 g/mol. The van der Waals surface area contributed by atoms with Gasteiger partial charge in [0.15, 0.2) is 5.82 Å². The number of amides is 1. The summed E-state index contributed by atoms with van der Waals surface area (Å²) in [5.41, 5.74) is 4.54. The van der Waals surface area contributed by atoms with E-state index in [9.17, 15) is 4.79 Å². The molecule has 1 amide bonds. The molecule has 0 bridgehead atoms. The highest BCUT2D eigenvalue weighted by Crippen LogP contribution is 2.25. The maximum Gasteiger partial charge on any atom is 0.251 e. The molecule has 1 atom stereocenters. The Labute approximate surface area is 145 Å². The number of nitrogens with one attached hydrogen (secondary N) is 1. The molecule has 2 heterocycles. The van der Waals surface area contributed by atoms with Crippen LogP contribution in [0, 0.1) is 0 Å². The lowest BCUT2D eigenvalue weighted by atomic mass is 10.0. The van der Waals surface area contributed by atoms with Crippen molar-refractivity contribution in [3.8, 4) is 5.82 Å². The van der Waals surface area contributed by atoms with Crippen molar-refractivity contribution >= 4 is 5.91 Å². The molecular weight excluding hydrogens is 314 g/mol. The van der Waals surface area contributed by atoms with Crippen molar-refractivity contribution < 1.29 is 4.79 Å². The van der Waals surface area contributed by atoms with Crippen LogP contribution in [-0.2, 0) is 12.8 Å². The molecule has 0 saturated heterocycles. The van der Waals surface area contributed by atoms with E-state index in [1.165, 1.54) is 35.0 Å². The lowest BCUT2D eigenvalue weighted by molar-refractivity contribution is 0.0939. The van der Waals surface area contributed by atoms with Gasteiger partial charge in [0.25, 0.3) is 5.91 Å². The van der Waals surface area contributed by atoms with Gasteiger partial charge >= 0.3 is 0 Å². The molecule has 0 aliphatic heterocycles. The van der Waals surface area contributed by atoms with Gasteiger partial charge in [0, 0.05) is 11.8 Å². The summed E-state index contributed by atoms with van der Waals surface area (Å²) in [6, 6.07) is 9.88. The third-order valence-corrected chi connectivity index (χ3v) is 4.63. The number of rotatable bonds is 4. The normalized spacial score (nSPS) is 14.1. The molecule has 25 heavy (non-hydrogen) atoms. The zero-order valence-electron chi connectivity index (χ0n) is 14.0. The Bertz CT molecular complexity index is 904. The average Bonchev–Trinajstić information content (AvgIpc) is 3.32. The first-order chi connectivity index (χ1) is 12.2. The number of aromatic nitrogens is 4. The highest BCUT2D eigenvalue weighted by atomic mass is 16.1. The van der Waals surface area contributed by atoms with Gasteiger partial charge in [-0.1, -0.05) is 18.2 Å². The number of hydrogen-bond acceptors (Lipinski definition) is 4. The first kappa shape index (κ1) is 15.5.